The van der Waals surface area contributed by atoms with Gasteiger partial charge >= 0.3 is 5.97 Å². The quantitative estimate of drug-likeness (QED) is 0.468. The van der Waals surface area contributed by atoms with Crippen LogP contribution < -0.4 is 4.90 Å². The Morgan fingerprint density at radius 3 is 2.62 bits per heavy atom. The second kappa shape index (κ2) is 7.84. The van der Waals surface area contributed by atoms with Gasteiger partial charge in [-0.3, -0.25) is 14.5 Å². The van der Waals surface area contributed by atoms with E-state index >= 15 is 0 Å². The molecule has 0 bridgehead atoms. The molecule has 9 heteroatoms. The van der Waals surface area contributed by atoms with Crippen molar-refractivity contribution < 1.29 is 23.6 Å². The van der Waals surface area contributed by atoms with Crippen molar-refractivity contribution in [3.63, 3.8) is 0 Å². The van der Waals surface area contributed by atoms with E-state index in [1.165, 1.54) is 12.1 Å². The highest BCUT2D eigenvalue weighted by atomic mass is 35.5. The van der Waals surface area contributed by atoms with Crippen molar-refractivity contribution in [1.29, 1.82) is 0 Å². The van der Waals surface area contributed by atoms with Crippen LogP contribution in [0.2, 0.25) is 5.02 Å². The fourth-order valence-electron chi connectivity index (χ4n) is 2.91. The van der Waals surface area contributed by atoms with Crippen LogP contribution in [0.25, 0.3) is 11.5 Å². The molecule has 8 nitrogen and oxygen atoms in total. The van der Waals surface area contributed by atoms with E-state index in [0.717, 1.165) is 4.90 Å². The average Bonchev–Trinajstić information content (AvgIpc) is 3.33. The Morgan fingerprint density at radius 1 is 1.10 bits per heavy atom. The molecule has 0 saturated carbocycles. The Hall–Kier alpha value is -3.52. The van der Waals surface area contributed by atoms with Crippen LogP contribution in [-0.2, 0) is 20.9 Å². The van der Waals surface area contributed by atoms with Gasteiger partial charge in [-0.25, -0.2) is 4.79 Å². The number of anilines is 1. The van der Waals surface area contributed by atoms with Crippen molar-refractivity contribution in [2.45, 2.75) is 19.4 Å². The van der Waals surface area contributed by atoms with Crippen molar-refractivity contribution in [1.82, 2.24) is 10.1 Å². The molecule has 0 unspecified atom stereocenters. The van der Waals surface area contributed by atoms with Crippen molar-refractivity contribution in [3.8, 4) is 11.5 Å². The summed E-state index contributed by atoms with van der Waals surface area (Å²) in [4.78, 5) is 41.4. The predicted molar refractivity (Wildman–Crippen MR) is 102 cm³/mol. The van der Waals surface area contributed by atoms with Gasteiger partial charge in [-0.2, -0.15) is 4.98 Å². The lowest BCUT2D eigenvalue weighted by Crippen LogP contribution is -2.28. The molecule has 0 aliphatic carbocycles. The standard InChI is InChI=1S/C20H14ClN3O5/c21-15-7-2-1-6-14(15)19-22-16(23-29-19)11-28-20(27)12-4-3-5-13(10-12)24-17(25)8-9-18(24)26/h1-7,10H,8-9,11H2. The van der Waals surface area contributed by atoms with Gasteiger partial charge in [0.25, 0.3) is 5.89 Å². The Morgan fingerprint density at radius 2 is 1.86 bits per heavy atom. The minimum Gasteiger partial charge on any atom is -0.454 e. The van der Waals surface area contributed by atoms with Crippen molar-refractivity contribution >= 4 is 35.1 Å². The first-order valence-corrected chi connectivity index (χ1v) is 9.11. The highest BCUT2D eigenvalue weighted by Gasteiger charge is 2.30. The van der Waals surface area contributed by atoms with E-state index in [2.05, 4.69) is 10.1 Å². The maximum absolute atomic E-state index is 12.4. The molecule has 2 amide bonds. The Kier molecular flexibility index (Phi) is 5.09. The number of benzene rings is 2. The molecule has 1 aromatic heterocycles. The van der Waals surface area contributed by atoms with E-state index in [0.29, 0.717) is 16.3 Å². The summed E-state index contributed by atoms with van der Waals surface area (Å²) in [6.07, 6.45) is 0.332. The molecule has 2 heterocycles. The van der Waals surface area contributed by atoms with Gasteiger partial charge in [-0.15, -0.1) is 0 Å². The van der Waals surface area contributed by atoms with Gasteiger partial charge in [0, 0.05) is 12.8 Å². The lowest BCUT2D eigenvalue weighted by molar-refractivity contribution is -0.121. The maximum atomic E-state index is 12.4. The minimum absolute atomic E-state index is 0.166. The van der Waals surface area contributed by atoms with Crippen LogP contribution in [-0.4, -0.2) is 27.9 Å². The molecule has 0 radical (unpaired) electrons. The molecular weight excluding hydrogens is 398 g/mol. The molecule has 2 aromatic carbocycles. The SMILES string of the molecule is O=C(OCc1noc(-c2ccccc2Cl)n1)c1cccc(N2C(=O)CCC2=O)c1. The summed E-state index contributed by atoms with van der Waals surface area (Å²) in [6, 6.07) is 13.1. The number of ether oxygens (including phenoxy) is 1. The summed E-state index contributed by atoms with van der Waals surface area (Å²) < 4.78 is 10.4. The molecule has 1 aliphatic rings. The number of amides is 2. The van der Waals surface area contributed by atoms with Crippen LogP contribution in [0.3, 0.4) is 0 Å². The van der Waals surface area contributed by atoms with Crippen LogP contribution >= 0.6 is 11.6 Å². The zero-order chi connectivity index (χ0) is 20.4. The predicted octanol–water partition coefficient (Wildman–Crippen LogP) is 3.40. The zero-order valence-corrected chi connectivity index (χ0v) is 15.8. The van der Waals surface area contributed by atoms with Gasteiger partial charge in [-0.05, 0) is 30.3 Å². The van der Waals surface area contributed by atoms with Crippen LogP contribution in [0.1, 0.15) is 29.0 Å². The second-order valence-corrected chi connectivity index (χ2v) is 6.65. The number of imide groups is 1. The Labute approximate surface area is 170 Å². The number of esters is 1. The maximum Gasteiger partial charge on any atom is 0.338 e. The first-order valence-electron chi connectivity index (χ1n) is 8.73. The molecule has 1 saturated heterocycles. The third kappa shape index (κ3) is 3.88. The van der Waals surface area contributed by atoms with E-state index in [1.54, 1.807) is 36.4 Å². The largest absolute Gasteiger partial charge is 0.454 e. The van der Waals surface area contributed by atoms with Crippen molar-refractivity contribution in [3.05, 3.63) is 64.9 Å². The molecule has 0 atom stereocenters. The van der Waals surface area contributed by atoms with Crippen molar-refractivity contribution in [2.75, 3.05) is 4.90 Å². The fraction of sp³-hybridized carbons (Fsp3) is 0.150. The van der Waals surface area contributed by atoms with Gasteiger partial charge in [-0.1, -0.05) is 35.0 Å². The zero-order valence-electron chi connectivity index (χ0n) is 15.0. The molecular formula is C20H14ClN3O5. The second-order valence-electron chi connectivity index (χ2n) is 6.24. The fourth-order valence-corrected chi connectivity index (χ4v) is 3.12. The Balaban J connectivity index is 1.44. The molecule has 3 aromatic rings. The number of hydrogen-bond donors (Lipinski definition) is 0. The van der Waals surface area contributed by atoms with Gasteiger partial charge in [0.05, 0.1) is 21.8 Å². The highest BCUT2D eigenvalue weighted by molar-refractivity contribution is 6.33. The summed E-state index contributed by atoms with van der Waals surface area (Å²) in [7, 11) is 0. The average molecular weight is 412 g/mol. The van der Waals surface area contributed by atoms with Crippen LogP contribution in [0.5, 0.6) is 0 Å². The normalized spacial score (nSPS) is 13.8. The van der Waals surface area contributed by atoms with E-state index in [4.69, 9.17) is 20.9 Å². The lowest BCUT2D eigenvalue weighted by atomic mass is 10.2. The van der Waals surface area contributed by atoms with E-state index in [-0.39, 0.29) is 48.5 Å². The molecule has 1 fully saturated rings. The molecule has 29 heavy (non-hydrogen) atoms. The topological polar surface area (TPSA) is 103 Å². The summed E-state index contributed by atoms with van der Waals surface area (Å²) >= 11 is 6.10. The third-order valence-corrected chi connectivity index (χ3v) is 4.63. The first-order chi connectivity index (χ1) is 14.0. The van der Waals surface area contributed by atoms with Gasteiger partial charge in [0.2, 0.25) is 17.6 Å². The Bertz CT molecular complexity index is 1090. The minimum atomic E-state index is -0.643. The summed E-state index contributed by atoms with van der Waals surface area (Å²) in [5.74, 6) is -0.835. The molecule has 4 rings (SSSR count). The van der Waals surface area contributed by atoms with Crippen LogP contribution in [0.4, 0.5) is 5.69 Å². The van der Waals surface area contributed by atoms with Crippen LogP contribution in [0.15, 0.2) is 53.1 Å². The molecule has 1 aliphatic heterocycles. The number of hydrogen-bond acceptors (Lipinski definition) is 7. The molecule has 0 spiro atoms. The number of halogens is 1. The lowest BCUT2D eigenvalue weighted by Gasteiger charge is -2.14. The first kappa shape index (κ1) is 18.8. The number of nitrogens with zero attached hydrogens (tertiary/aromatic N) is 3. The van der Waals surface area contributed by atoms with Gasteiger partial charge in [0.1, 0.15) is 0 Å². The van der Waals surface area contributed by atoms with Gasteiger partial charge in [0.15, 0.2) is 6.61 Å². The number of aromatic nitrogens is 2. The van der Waals surface area contributed by atoms with Crippen LogP contribution in [0, 0.1) is 0 Å². The summed E-state index contributed by atoms with van der Waals surface area (Å²) in [6.45, 7) is -0.210. The highest BCUT2D eigenvalue weighted by Crippen LogP contribution is 2.26. The monoisotopic (exact) mass is 411 g/mol. The number of carbonyl (C=O) groups excluding carboxylic acids is 3. The third-order valence-electron chi connectivity index (χ3n) is 4.30. The van der Waals surface area contributed by atoms with E-state index in [9.17, 15) is 14.4 Å². The van der Waals surface area contributed by atoms with Gasteiger partial charge < -0.3 is 9.26 Å². The summed E-state index contributed by atoms with van der Waals surface area (Å²) in [5.41, 5.74) is 1.12. The molecule has 146 valence electrons. The number of rotatable bonds is 5. The smallest absolute Gasteiger partial charge is 0.338 e. The number of carbonyl (C=O) groups is 3. The van der Waals surface area contributed by atoms with Crippen molar-refractivity contribution in [2.24, 2.45) is 0 Å². The molecule has 0 N–H and O–H groups in total. The van der Waals surface area contributed by atoms with E-state index < -0.39 is 5.97 Å². The van der Waals surface area contributed by atoms with E-state index in [1.807, 2.05) is 0 Å². The summed E-state index contributed by atoms with van der Waals surface area (Å²) in [5, 5.41) is 4.24.